The number of rotatable bonds is 7. The predicted octanol–water partition coefficient (Wildman–Crippen LogP) is 3.85. The molecule has 172 valence electrons. The summed E-state index contributed by atoms with van der Waals surface area (Å²) in [6.45, 7) is 2.57. The fourth-order valence-electron chi connectivity index (χ4n) is 3.64. The van der Waals surface area contributed by atoms with Crippen LogP contribution >= 0.6 is 11.6 Å². The lowest BCUT2D eigenvalue weighted by molar-refractivity contribution is -0.133. The number of hydrogen-bond donors (Lipinski definition) is 1. The van der Waals surface area contributed by atoms with E-state index in [1.807, 2.05) is 17.0 Å². The largest absolute Gasteiger partial charge is 0.441 e. The van der Waals surface area contributed by atoms with Crippen LogP contribution in [0.1, 0.15) is 12.3 Å². The molecule has 1 saturated heterocycles. The molecule has 1 N–H and O–H groups in total. The van der Waals surface area contributed by atoms with Gasteiger partial charge in [0.25, 0.3) is 0 Å². The number of nitrogens with one attached hydrogen (secondary N) is 1. The maximum atomic E-state index is 13.0. The van der Waals surface area contributed by atoms with Crippen LogP contribution in [0.3, 0.4) is 0 Å². The van der Waals surface area contributed by atoms with Crippen LogP contribution in [0.5, 0.6) is 0 Å². The monoisotopic (exact) mass is 470 g/mol. The van der Waals surface area contributed by atoms with Gasteiger partial charge < -0.3 is 14.6 Å². The second-order valence-electron chi connectivity index (χ2n) is 7.84. The fourth-order valence-corrected chi connectivity index (χ4v) is 3.76. The van der Waals surface area contributed by atoms with E-state index in [1.54, 1.807) is 23.2 Å². The molecule has 7 nitrogen and oxygen atoms in total. The molecule has 33 heavy (non-hydrogen) atoms. The zero-order valence-corrected chi connectivity index (χ0v) is 18.7. The first-order valence-electron chi connectivity index (χ1n) is 10.7. The van der Waals surface area contributed by atoms with Gasteiger partial charge in [-0.3, -0.25) is 14.5 Å². The van der Waals surface area contributed by atoms with E-state index in [0.717, 1.165) is 5.56 Å². The van der Waals surface area contributed by atoms with E-state index >= 15 is 0 Å². The summed E-state index contributed by atoms with van der Waals surface area (Å²) in [6, 6.07) is 12.9. The van der Waals surface area contributed by atoms with Crippen molar-refractivity contribution in [3.05, 3.63) is 71.5 Å². The van der Waals surface area contributed by atoms with Crippen molar-refractivity contribution in [2.75, 3.05) is 38.0 Å². The van der Waals surface area contributed by atoms with E-state index in [0.29, 0.717) is 61.4 Å². The summed E-state index contributed by atoms with van der Waals surface area (Å²) in [5.74, 6) is 0.683. The Labute approximate surface area is 196 Å². The van der Waals surface area contributed by atoms with E-state index in [9.17, 15) is 14.0 Å². The summed E-state index contributed by atoms with van der Waals surface area (Å²) in [5, 5.41) is 3.40. The molecule has 4 rings (SSSR count). The summed E-state index contributed by atoms with van der Waals surface area (Å²) in [4.78, 5) is 32.9. The highest BCUT2D eigenvalue weighted by Gasteiger charge is 2.22. The lowest BCUT2D eigenvalue weighted by atomic mass is 10.2. The van der Waals surface area contributed by atoms with Gasteiger partial charge in [0.2, 0.25) is 11.8 Å². The van der Waals surface area contributed by atoms with Crippen LogP contribution in [-0.2, 0) is 16.0 Å². The lowest BCUT2D eigenvalue weighted by Gasteiger charge is -2.34. The highest BCUT2D eigenvalue weighted by molar-refractivity contribution is 6.30. The van der Waals surface area contributed by atoms with Crippen LogP contribution in [0.25, 0.3) is 11.3 Å². The van der Waals surface area contributed by atoms with Crippen molar-refractivity contribution >= 4 is 29.1 Å². The Morgan fingerprint density at radius 3 is 2.42 bits per heavy atom. The van der Waals surface area contributed by atoms with Gasteiger partial charge in [-0.25, -0.2) is 9.37 Å². The Morgan fingerprint density at radius 2 is 1.73 bits per heavy atom. The van der Waals surface area contributed by atoms with E-state index < -0.39 is 0 Å². The molecule has 1 aromatic heterocycles. The molecule has 0 saturated carbocycles. The molecule has 1 fully saturated rings. The van der Waals surface area contributed by atoms with E-state index in [2.05, 4.69) is 10.3 Å². The van der Waals surface area contributed by atoms with E-state index in [4.69, 9.17) is 16.0 Å². The highest BCUT2D eigenvalue weighted by Crippen LogP contribution is 2.23. The number of nitrogens with zero attached hydrogens (tertiary/aromatic N) is 3. The third kappa shape index (κ3) is 6.40. The number of hydrogen-bond acceptors (Lipinski definition) is 5. The number of amides is 2. The summed E-state index contributed by atoms with van der Waals surface area (Å²) in [5.41, 5.74) is 1.44. The zero-order valence-electron chi connectivity index (χ0n) is 18.0. The Kier molecular flexibility index (Phi) is 7.36. The van der Waals surface area contributed by atoms with E-state index in [1.165, 1.54) is 24.3 Å². The predicted molar refractivity (Wildman–Crippen MR) is 123 cm³/mol. The number of carbonyl (C=O) groups is 2. The third-order valence-electron chi connectivity index (χ3n) is 5.46. The van der Waals surface area contributed by atoms with Crippen molar-refractivity contribution in [3.8, 4) is 11.3 Å². The van der Waals surface area contributed by atoms with Gasteiger partial charge in [-0.2, -0.15) is 0 Å². The number of carbonyl (C=O) groups excluding carboxylic acids is 2. The van der Waals surface area contributed by atoms with E-state index in [-0.39, 0.29) is 24.2 Å². The first kappa shape index (κ1) is 22.9. The SMILES string of the molecule is O=C(CN1CCN(C(=O)CCc2ncc(-c3ccc(Cl)cc3)o2)CC1)Nc1ccc(F)cc1. The average Bonchev–Trinajstić information content (AvgIpc) is 3.29. The average molecular weight is 471 g/mol. The minimum absolute atomic E-state index is 0.0386. The molecule has 0 bridgehead atoms. The van der Waals surface area contributed by atoms with Crippen molar-refractivity contribution in [1.29, 1.82) is 0 Å². The molecular weight excluding hydrogens is 447 g/mol. The van der Waals surface area contributed by atoms with Crippen LogP contribution in [-0.4, -0.2) is 59.3 Å². The first-order valence-corrected chi connectivity index (χ1v) is 11.1. The summed E-state index contributed by atoms with van der Waals surface area (Å²) < 4.78 is 18.7. The highest BCUT2D eigenvalue weighted by atomic mass is 35.5. The molecule has 0 radical (unpaired) electrons. The quantitative estimate of drug-likeness (QED) is 0.567. The summed E-state index contributed by atoms with van der Waals surface area (Å²) >= 11 is 5.91. The van der Waals surface area contributed by atoms with Crippen molar-refractivity contribution in [3.63, 3.8) is 0 Å². The van der Waals surface area contributed by atoms with Crippen molar-refractivity contribution in [2.24, 2.45) is 0 Å². The van der Waals surface area contributed by atoms with Gasteiger partial charge >= 0.3 is 0 Å². The van der Waals surface area contributed by atoms with Crippen molar-refractivity contribution in [2.45, 2.75) is 12.8 Å². The van der Waals surface area contributed by atoms with Crippen molar-refractivity contribution in [1.82, 2.24) is 14.8 Å². The van der Waals surface area contributed by atoms with Gasteiger partial charge in [-0.15, -0.1) is 0 Å². The summed E-state index contributed by atoms with van der Waals surface area (Å²) in [7, 11) is 0. The minimum atomic E-state index is -0.349. The molecular formula is C24H24ClFN4O3. The molecule has 0 atom stereocenters. The Hall–Kier alpha value is -3.23. The molecule has 3 aromatic rings. The number of oxazole rings is 1. The van der Waals surface area contributed by atoms with Crippen molar-refractivity contribution < 1.29 is 18.4 Å². The molecule has 1 aliphatic heterocycles. The molecule has 2 amide bonds. The number of piperazine rings is 1. The van der Waals surface area contributed by atoms with Gasteiger partial charge in [-0.1, -0.05) is 11.6 Å². The molecule has 1 aliphatic rings. The first-order chi connectivity index (χ1) is 16.0. The number of halogens is 2. The molecule has 0 unspecified atom stereocenters. The van der Waals surface area contributed by atoms with Crippen LogP contribution < -0.4 is 5.32 Å². The van der Waals surface area contributed by atoms with Gasteiger partial charge in [0.15, 0.2) is 11.7 Å². The van der Waals surface area contributed by atoms with Gasteiger partial charge in [0.05, 0.1) is 12.7 Å². The number of anilines is 1. The summed E-state index contributed by atoms with van der Waals surface area (Å²) in [6.07, 6.45) is 2.39. The van der Waals surface area contributed by atoms with Gasteiger partial charge in [0.1, 0.15) is 5.82 Å². The fraction of sp³-hybridized carbons (Fsp3) is 0.292. The van der Waals surface area contributed by atoms with Crippen LogP contribution in [0, 0.1) is 5.82 Å². The van der Waals surface area contributed by atoms with Crippen LogP contribution in [0.2, 0.25) is 5.02 Å². The molecule has 0 spiro atoms. The maximum Gasteiger partial charge on any atom is 0.238 e. The number of aromatic nitrogens is 1. The maximum absolute atomic E-state index is 13.0. The topological polar surface area (TPSA) is 78.7 Å². The van der Waals surface area contributed by atoms with Gasteiger partial charge in [-0.05, 0) is 48.5 Å². The van der Waals surface area contributed by atoms with Crippen LogP contribution in [0.4, 0.5) is 10.1 Å². The van der Waals surface area contributed by atoms with Crippen LogP contribution in [0.15, 0.2) is 59.1 Å². The number of aryl methyl sites for hydroxylation is 1. The molecule has 9 heteroatoms. The second-order valence-corrected chi connectivity index (χ2v) is 8.27. The normalized spacial score (nSPS) is 14.3. The Balaban J connectivity index is 1.19. The number of benzene rings is 2. The smallest absolute Gasteiger partial charge is 0.238 e. The minimum Gasteiger partial charge on any atom is -0.441 e. The van der Waals surface area contributed by atoms with Gasteiger partial charge in [0, 0.05) is 55.3 Å². The molecule has 2 heterocycles. The lowest BCUT2D eigenvalue weighted by Crippen LogP contribution is -2.50. The Morgan fingerprint density at radius 1 is 1.03 bits per heavy atom. The molecule has 2 aromatic carbocycles. The Bertz CT molecular complexity index is 1090. The zero-order chi connectivity index (χ0) is 23.2. The third-order valence-corrected chi connectivity index (χ3v) is 5.71. The standard InChI is InChI=1S/C24H24ClFN4O3/c25-18-3-1-17(2-4-18)21-15-27-23(33-21)9-10-24(32)30-13-11-29(12-14-30)16-22(31)28-20-7-5-19(26)6-8-20/h1-8,15H,9-14,16H2,(H,28,31). The second kappa shape index (κ2) is 10.6. The molecule has 0 aliphatic carbocycles.